The average Bonchev–Trinajstić information content (AvgIpc) is 2.91. The number of benzene rings is 1. The normalized spacial score (nSPS) is 42.4. The number of carbonyl (C=O) groups is 2. The van der Waals surface area contributed by atoms with E-state index in [0.717, 1.165) is 5.56 Å². The molecule has 1 aliphatic carbocycles. The number of amides is 2. The van der Waals surface area contributed by atoms with Crippen molar-refractivity contribution in [1.82, 2.24) is 5.32 Å². The Morgan fingerprint density at radius 1 is 1.38 bits per heavy atom. The summed E-state index contributed by atoms with van der Waals surface area (Å²) in [5.74, 6) is -0.981. The van der Waals surface area contributed by atoms with Crippen LogP contribution in [0.3, 0.4) is 0 Å². The van der Waals surface area contributed by atoms with Crippen molar-refractivity contribution in [1.29, 1.82) is 0 Å². The predicted octanol–water partition coefficient (Wildman–Crippen LogP) is -0.273. The number of ether oxygens (including phenoxy) is 1. The van der Waals surface area contributed by atoms with Crippen molar-refractivity contribution in [3.8, 4) is 0 Å². The number of hydrogen-bond donors (Lipinski definition) is 2. The number of para-hydroxylation sites is 1. The average molecular weight is 330 g/mol. The molecule has 4 bridgehead atoms. The maximum Gasteiger partial charge on any atom is 0.264 e. The lowest BCUT2D eigenvalue weighted by Gasteiger charge is -2.41. The van der Waals surface area contributed by atoms with Crippen LogP contribution in [0, 0.1) is 11.8 Å². The molecule has 2 amide bonds. The Labute approximate surface area is 138 Å². The third kappa shape index (κ3) is 1.44. The molecule has 1 spiro atoms. The van der Waals surface area contributed by atoms with Gasteiger partial charge in [-0.3, -0.25) is 14.4 Å². The summed E-state index contributed by atoms with van der Waals surface area (Å²) >= 11 is 0. The molecule has 1 saturated carbocycles. The monoisotopic (exact) mass is 330 g/mol. The Hall–Kier alpha value is -1.96. The number of fused-ring (bicyclic) bond motifs is 2. The van der Waals surface area contributed by atoms with E-state index < -0.39 is 23.5 Å². The minimum absolute atomic E-state index is 0.0975. The summed E-state index contributed by atoms with van der Waals surface area (Å²) in [5, 5.41) is 15.1. The summed E-state index contributed by atoms with van der Waals surface area (Å²) in [5.41, 5.74) is 0.435. The van der Waals surface area contributed by atoms with Crippen LogP contribution in [-0.4, -0.2) is 48.9 Å². The number of aliphatic hydroxyl groups is 1. The standard InChI is InChI=1S/C17H18N2O5/c1-23-19-11-5-3-2-4-9(11)17(16(19)22)6-10-8-7-24-14(17)13(20)12(8)15(21)18-10/h2-5,8,10,12-14,20H,6-7H2,1H3,(H,18,21)/t8-,10+,12+,13+,14-,17+/m1/s1. The van der Waals surface area contributed by atoms with E-state index in [4.69, 9.17) is 9.57 Å². The molecule has 3 saturated heterocycles. The van der Waals surface area contributed by atoms with Gasteiger partial charge in [-0.2, -0.15) is 5.06 Å². The third-order valence-electron chi connectivity index (χ3n) is 6.13. The highest BCUT2D eigenvalue weighted by Crippen LogP contribution is 2.55. The summed E-state index contributed by atoms with van der Waals surface area (Å²) < 4.78 is 5.96. The van der Waals surface area contributed by atoms with Crippen molar-refractivity contribution < 1.29 is 24.3 Å². The van der Waals surface area contributed by atoms with E-state index in [1.807, 2.05) is 24.3 Å². The van der Waals surface area contributed by atoms with Crippen molar-refractivity contribution in [3.63, 3.8) is 0 Å². The first-order chi connectivity index (χ1) is 11.6. The summed E-state index contributed by atoms with van der Waals surface area (Å²) in [6.45, 7) is 0.375. The van der Waals surface area contributed by atoms with Gasteiger partial charge in [-0.05, 0) is 18.1 Å². The Kier molecular flexibility index (Phi) is 2.73. The van der Waals surface area contributed by atoms with Crippen molar-refractivity contribution in [2.24, 2.45) is 11.8 Å². The zero-order chi connectivity index (χ0) is 16.6. The van der Waals surface area contributed by atoms with Gasteiger partial charge in [0, 0.05) is 12.0 Å². The van der Waals surface area contributed by atoms with Crippen molar-refractivity contribution >= 4 is 17.5 Å². The molecule has 6 atom stereocenters. The first-order valence-corrected chi connectivity index (χ1v) is 8.18. The lowest BCUT2D eigenvalue weighted by molar-refractivity contribution is -0.164. The van der Waals surface area contributed by atoms with E-state index in [9.17, 15) is 14.7 Å². The Balaban J connectivity index is 1.74. The van der Waals surface area contributed by atoms with E-state index in [-0.39, 0.29) is 23.8 Å². The van der Waals surface area contributed by atoms with Gasteiger partial charge in [-0.15, -0.1) is 0 Å². The van der Waals surface area contributed by atoms with Gasteiger partial charge in [-0.25, -0.2) is 0 Å². The van der Waals surface area contributed by atoms with E-state index in [1.165, 1.54) is 12.2 Å². The Morgan fingerprint density at radius 2 is 2.17 bits per heavy atom. The van der Waals surface area contributed by atoms with Gasteiger partial charge in [0.1, 0.15) is 11.5 Å². The summed E-state index contributed by atoms with van der Waals surface area (Å²) in [6, 6.07) is 7.24. The maximum absolute atomic E-state index is 13.3. The fourth-order valence-electron chi connectivity index (χ4n) is 5.15. The van der Waals surface area contributed by atoms with Gasteiger partial charge < -0.3 is 15.2 Å². The molecule has 2 N–H and O–H groups in total. The lowest BCUT2D eigenvalue weighted by atomic mass is 9.70. The molecule has 0 unspecified atom stereocenters. The van der Waals surface area contributed by atoms with Crippen LogP contribution in [0.25, 0.3) is 0 Å². The zero-order valence-corrected chi connectivity index (χ0v) is 13.1. The molecule has 5 aliphatic rings. The van der Waals surface area contributed by atoms with Gasteiger partial charge in [0.2, 0.25) is 5.91 Å². The van der Waals surface area contributed by atoms with Crippen LogP contribution in [-0.2, 0) is 24.6 Å². The van der Waals surface area contributed by atoms with E-state index in [0.29, 0.717) is 18.7 Å². The highest BCUT2D eigenvalue weighted by atomic mass is 16.7. The molecule has 0 aromatic heterocycles. The quantitative estimate of drug-likeness (QED) is 0.740. The number of aliphatic hydroxyl groups excluding tert-OH is 1. The number of hydroxylamine groups is 1. The number of rotatable bonds is 1. The molecule has 1 aromatic rings. The van der Waals surface area contributed by atoms with Crippen molar-refractivity contribution in [2.75, 3.05) is 18.8 Å². The molecular weight excluding hydrogens is 312 g/mol. The van der Waals surface area contributed by atoms with Gasteiger partial charge in [0.25, 0.3) is 5.91 Å². The SMILES string of the molecule is CON1C(=O)[C@@]2(C[C@@H]3NC(=O)[C@@H]4[C@H](O)[C@H]2OC[C@@H]43)c2ccccc21. The first kappa shape index (κ1) is 14.4. The highest BCUT2D eigenvalue weighted by molar-refractivity contribution is 6.07. The van der Waals surface area contributed by atoms with Gasteiger partial charge in [-0.1, -0.05) is 18.2 Å². The molecule has 4 heterocycles. The van der Waals surface area contributed by atoms with E-state index in [1.54, 1.807) is 0 Å². The van der Waals surface area contributed by atoms with Crippen LogP contribution in [0.5, 0.6) is 0 Å². The number of anilines is 1. The van der Waals surface area contributed by atoms with Crippen LogP contribution < -0.4 is 10.4 Å². The number of hydrogen-bond acceptors (Lipinski definition) is 5. The molecule has 4 aliphatic heterocycles. The Bertz CT molecular complexity index is 752. The van der Waals surface area contributed by atoms with E-state index >= 15 is 0 Å². The maximum atomic E-state index is 13.3. The number of nitrogens with one attached hydrogen (secondary N) is 1. The molecule has 1 aromatic carbocycles. The molecule has 0 radical (unpaired) electrons. The van der Waals surface area contributed by atoms with Crippen LogP contribution >= 0.6 is 0 Å². The molecule has 7 heteroatoms. The van der Waals surface area contributed by atoms with Gasteiger partial charge >= 0.3 is 0 Å². The van der Waals surface area contributed by atoms with Gasteiger partial charge in [0.05, 0.1) is 31.4 Å². The molecule has 126 valence electrons. The zero-order valence-electron chi connectivity index (χ0n) is 13.1. The van der Waals surface area contributed by atoms with Crippen LogP contribution in [0.4, 0.5) is 5.69 Å². The Morgan fingerprint density at radius 3 is 2.96 bits per heavy atom. The first-order valence-electron chi connectivity index (χ1n) is 8.18. The second kappa shape index (κ2) is 4.56. The second-order valence-corrected chi connectivity index (χ2v) is 7.02. The molecule has 24 heavy (non-hydrogen) atoms. The van der Waals surface area contributed by atoms with Crippen LogP contribution in [0.1, 0.15) is 12.0 Å². The minimum Gasteiger partial charge on any atom is -0.390 e. The number of nitrogens with zero attached hydrogens (tertiary/aromatic N) is 1. The van der Waals surface area contributed by atoms with Crippen molar-refractivity contribution in [3.05, 3.63) is 29.8 Å². The topological polar surface area (TPSA) is 88.1 Å². The van der Waals surface area contributed by atoms with E-state index in [2.05, 4.69) is 5.32 Å². The molecule has 6 rings (SSSR count). The third-order valence-corrected chi connectivity index (χ3v) is 6.13. The predicted molar refractivity (Wildman–Crippen MR) is 81.9 cm³/mol. The molecule has 4 fully saturated rings. The molecule has 7 nitrogen and oxygen atoms in total. The largest absolute Gasteiger partial charge is 0.390 e. The fourth-order valence-corrected chi connectivity index (χ4v) is 5.15. The summed E-state index contributed by atoms with van der Waals surface area (Å²) in [7, 11) is 1.45. The molecular formula is C17H18N2O5. The smallest absolute Gasteiger partial charge is 0.264 e. The second-order valence-electron chi connectivity index (χ2n) is 7.02. The van der Waals surface area contributed by atoms with Crippen molar-refractivity contribution in [2.45, 2.75) is 30.1 Å². The lowest BCUT2D eigenvalue weighted by Crippen LogP contribution is -2.59. The van der Waals surface area contributed by atoms with Crippen LogP contribution in [0.2, 0.25) is 0 Å². The summed E-state index contributed by atoms with van der Waals surface area (Å²) in [4.78, 5) is 30.8. The fraction of sp³-hybridized carbons (Fsp3) is 0.529. The van der Waals surface area contributed by atoms with Crippen LogP contribution in [0.15, 0.2) is 24.3 Å². The summed E-state index contributed by atoms with van der Waals surface area (Å²) in [6.07, 6.45) is -1.34. The minimum atomic E-state index is -1.03. The van der Waals surface area contributed by atoms with Gasteiger partial charge in [0.15, 0.2) is 0 Å². The highest BCUT2D eigenvalue weighted by Gasteiger charge is 2.68. The number of carbonyl (C=O) groups excluding carboxylic acids is 2.